The minimum Gasteiger partial charge on any atom is -0.508 e. The summed E-state index contributed by atoms with van der Waals surface area (Å²) in [5.41, 5.74) is 4.33. The quantitative estimate of drug-likeness (QED) is 0.693. The molecule has 88 valence electrons. The van der Waals surface area contributed by atoms with Crippen molar-refractivity contribution < 1.29 is 5.11 Å². The summed E-state index contributed by atoms with van der Waals surface area (Å²) in [4.78, 5) is 4.41. The maximum atomic E-state index is 9.50. The number of nitrogens with zero attached hydrogens (tertiary/aromatic N) is 1. The number of pyridine rings is 1. The number of benzene rings is 2. The zero-order valence-electron chi connectivity index (χ0n) is 10.1. The molecule has 0 aliphatic heterocycles. The van der Waals surface area contributed by atoms with Crippen LogP contribution in [0.2, 0.25) is 0 Å². The zero-order valence-corrected chi connectivity index (χ0v) is 10.1. The molecule has 0 fully saturated rings. The second-order valence-corrected chi connectivity index (χ2v) is 4.47. The number of rotatable bonds is 1. The lowest BCUT2D eigenvalue weighted by Gasteiger charge is -2.04. The molecule has 0 saturated heterocycles. The Morgan fingerprint density at radius 2 is 1.67 bits per heavy atom. The summed E-state index contributed by atoms with van der Waals surface area (Å²) in [6.45, 7) is 2.07. The van der Waals surface area contributed by atoms with Gasteiger partial charge in [-0.25, -0.2) is 0 Å². The van der Waals surface area contributed by atoms with Crippen molar-refractivity contribution in [1.29, 1.82) is 0 Å². The van der Waals surface area contributed by atoms with Crippen LogP contribution < -0.4 is 0 Å². The smallest absolute Gasteiger partial charge is 0.116 e. The molecule has 1 heterocycles. The van der Waals surface area contributed by atoms with Gasteiger partial charge in [-0.2, -0.15) is 0 Å². The molecule has 1 aromatic heterocycles. The van der Waals surface area contributed by atoms with Gasteiger partial charge in [0.25, 0.3) is 0 Å². The first-order valence-corrected chi connectivity index (χ1v) is 5.88. The fourth-order valence-electron chi connectivity index (χ4n) is 2.02. The van der Waals surface area contributed by atoms with Gasteiger partial charge in [0, 0.05) is 17.1 Å². The van der Waals surface area contributed by atoms with E-state index in [1.165, 1.54) is 5.56 Å². The lowest BCUT2D eigenvalue weighted by molar-refractivity contribution is 0.476. The highest BCUT2D eigenvalue weighted by atomic mass is 16.3. The van der Waals surface area contributed by atoms with E-state index in [4.69, 9.17) is 0 Å². The first-order chi connectivity index (χ1) is 8.72. The summed E-state index contributed by atoms with van der Waals surface area (Å²) in [7, 11) is 0. The Hall–Kier alpha value is -2.35. The lowest BCUT2D eigenvalue weighted by Crippen LogP contribution is -1.83. The van der Waals surface area contributed by atoms with Crippen molar-refractivity contribution in [3.63, 3.8) is 0 Å². The van der Waals surface area contributed by atoms with E-state index in [-0.39, 0.29) is 5.75 Å². The van der Waals surface area contributed by atoms with Crippen LogP contribution >= 0.6 is 0 Å². The van der Waals surface area contributed by atoms with Crippen LogP contribution in [0.3, 0.4) is 0 Å². The van der Waals surface area contributed by atoms with Crippen molar-refractivity contribution in [2.24, 2.45) is 0 Å². The number of aromatic nitrogens is 1. The molecular formula is C16H13NO. The maximum Gasteiger partial charge on any atom is 0.116 e. The van der Waals surface area contributed by atoms with Crippen molar-refractivity contribution in [3.8, 4) is 16.9 Å². The number of fused-ring (bicyclic) bond motifs is 1. The number of hydrogen-bond donors (Lipinski definition) is 1. The monoisotopic (exact) mass is 235 g/mol. The van der Waals surface area contributed by atoms with Gasteiger partial charge in [0.15, 0.2) is 0 Å². The molecule has 3 rings (SSSR count). The summed E-state index contributed by atoms with van der Waals surface area (Å²) in [5.74, 6) is 0.269. The largest absolute Gasteiger partial charge is 0.508 e. The van der Waals surface area contributed by atoms with Crippen LogP contribution in [0.25, 0.3) is 22.0 Å². The summed E-state index contributed by atoms with van der Waals surface area (Å²) in [6, 6.07) is 15.6. The van der Waals surface area contributed by atoms with E-state index in [9.17, 15) is 5.11 Å². The molecule has 0 unspecified atom stereocenters. The van der Waals surface area contributed by atoms with Gasteiger partial charge in [0.05, 0.1) is 5.52 Å². The summed E-state index contributed by atoms with van der Waals surface area (Å²) in [5, 5.41) is 10.5. The topological polar surface area (TPSA) is 33.1 Å². The van der Waals surface area contributed by atoms with E-state index >= 15 is 0 Å². The van der Waals surface area contributed by atoms with Gasteiger partial charge < -0.3 is 5.11 Å². The fourth-order valence-corrected chi connectivity index (χ4v) is 2.02. The highest BCUT2D eigenvalue weighted by Crippen LogP contribution is 2.25. The summed E-state index contributed by atoms with van der Waals surface area (Å²) >= 11 is 0. The maximum absolute atomic E-state index is 9.50. The highest BCUT2D eigenvalue weighted by Gasteiger charge is 2.01. The van der Waals surface area contributed by atoms with E-state index in [0.717, 1.165) is 22.0 Å². The van der Waals surface area contributed by atoms with Crippen LogP contribution in [0.1, 0.15) is 5.56 Å². The van der Waals surface area contributed by atoms with Crippen LogP contribution in [-0.4, -0.2) is 10.1 Å². The van der Waals surface area contributed by atoms with Crippen molar-refractivity contribution in [1.82, 2.24) is 4.98 Å². The Kier molecular flexibility index (Phi) is 2.49. The Morgan fingerprint density at radius 1 is 0.889 bits per heavy atom. The van der Waals surface area contributed by atoms with Crippen LogP contribution in [0, 0.1) is 6.92 Å². The molecule has 0 radical (unpaired) electrons. The molecule has 0 aliphatic carbocycles. The Bertz CT molecular complexity index is 702. The molecule has 18 heavy (non-hydrogen) atoms. The number of aromatic hydroxyl groups is 1. The minimum atomic E-state index is 0.269. The van der Waals surface area contributed by atoms with Crippen molar-refractivity contribution in [2.75, 3.05) is 0 Å². The van der Waals surface area contributed by atoms with Gasteiger partial charge in [-0.3, -0.25) is 4.98 Å². The Labute approximate surface area is 106 Å². The van der Waals surface area contributed by atoms with E-state index < -0.39 is 0 Å². The van der Waals surface area contributed by atoms with Crippen LogP contribution in [0.15, 0.2) is 54.7 Å². The van der Waals surface area contributed by atoms with E-state index in [0.29, 0.717) is 0 Å². The average Bonchev–Trinajstić information content (AvgIpc) is 2.38. The van der Waals surface area contributed by atoms with Crippen molar-refractivity contribution >= 4 is 10.9 Å². The molecule has 0 saturated carbocycles. The van der Waals surface area contributed by atoms with Gasteiger partial charge in [-0.05, 0) is 36.8 Å². The SMILES string of the molecule is Cc1ccc(-c2cnc3ccc(O)cc3c2)cc1. The predicted molar refractivity (Wildman–Crippen MR) is 73.6 cm³/mol. The molecule has 0 amide bonds. The molecular weight excluding hydrogens is 222 g/mol. The zero-order chi connectivity index (χ0) is 12.5. The first kappa shape index (κ1) is 10.8. The standard InChI is InChI=1S/C16H13NO/c1-11-2-4-12(5-3-11)14-8-13-9-15(18)6-7-16(13)17-10-14/h2-10,18H,1H3. The third-order valence-corrected chi connectivity index (χ3v) is 3.05. The van der Waals surface area contributed by atoms with Gasteiger partial charge in [-0.1, -0.05) is 29.8 Å². The molecule has 2 heteroatoms. The third kappa shape index (κ3) is 1.93. The normalized spacial score (nSPS) is 10.7. The average molecular weight is 235 g/mol. The van der Waals surface area contributed by atoms with Gasteiger partial charge >= 0.3 is 0 Å². The first-order valence-electron chi connectivity index (χ1n) is 5.88. The Morgan fingerprint density at radius 3 is 2.44 bits per heavy atom. The number of phenolic OH excluding ortho intramolecular Hbond substituents is 1. The second kappa shape index (κ2) is 4.15. The highest BCUT2D eigenvalue weighted by molar-refractivity contribution is 5.84. The van der Waals surface area contributed by atoms with Gasteiger partial charge in [0.2, 0.25) is 0 Å². The van der Waals surface area contributed by atoms with Crippen molar-refractivity contribution in [3.05, 3.63) is 60.3 Å². The molecule has 2 aromatic carbocycles. The Balaban J connectivity index is 2.15. The van der Waals surface area contributed by atoms with Crippen LogP contribution in [-0.2, 0) is 0 Å². The number of aryl methyl sites for hydroxylation is 1. The van der Waals surface area contributed by atoms with Gasteiger partial charge in [0.1, 0.15) is 5.75 Å². The number of phenols is 1. The molecule has 0 spiro atoms. The van der Waals surface area contributed by atoms with E-state index in [2.05, 4.69) is 36.2 Å². The van der Waals surface area contributed by atoms with Crippen LogP contribution in [0.5, 0.6) is 5.75 Å². The van der Waals surface area contributed by atoms with E-state index in [1.54, 1.807) is 12.1 Å². The second-order valence-electron chi connectivity index (χ2n) is 4.47. The summed E-state index contributed by atoms with van der Waals surface area (Å²) in [6.07, 6.45) is 1.87. The fraction of sp³-hybridized carbons (Fsp3) is 0.0625. The minimum absolute atomic E-state index is 0.269. The molecule has 3 aromatic rings. The van der Waals surface area contributed by atoms with Gasteiger partial charge in [-0.15, -0.1) is 0 Å². The molecule has 0 bridgehead atoms. The van der Waals surface area contributed by atoms with Crippen LogP contribution in [0.4, 0.5) is 0 Å². The summed E-state index contributed by atoms with van der Waals surface area (Å²) < 4.78 is 0. The molecule has 2 nitrogen and oxygen atoms in total. The predicted octanol–water partition coefficient (Wildman–Crippen LogP) is 3.92. The molecule has 1 N–H and O–H groups in total. The molecule has 0 aliphatic rings. The molecule has 0 atom stereocenters. The lowest BCUT2D eigenvalue weighted by atomic mass is 10.0. The number of hydrogen-bond acceptors (Lipinski definition) is 2. The third-order valence-electron chi connectivity index (χ3n) is 3.05. The van der Waals surface area contributed by atoms with E-state index in [1.807, 2.05) is 18.3 Å². The van der Waals surface area contributed by atoms with Crippen molar-refractivity contribution in [2.45, 2.75) is 6.92 Å².